The second-order valence-electron chi connectivity index (χ2n) is 5.13. The van der Waals surface area contributed by atoms with Crippen LogP contribution in [0.1, 0.15) is 13.8 Å². The predicted octanol–water partition coefficient (Wildman–Crippen LogP) is 3.71. The molecule has 3 aromatic rings. The Balaban J connectivity index is 2.13. The molecular formula is C15H13N3O2S2. The lowest BCUT2D eigenvalue weighted by Crippen LogP contribution is -2.27. The van der Waals surface area contributed by atoms with Crippen molar-refractivity contribution >= 4 is 39.3 Å². The number of fused-ring (bicyclic) bond motifs is 1. The first kappa shape index (κ1) is 14.9. The first-order valence-corrected chi connectivity index (χ1v) is 8.24. The van der Waals surface area contributed by atoms with Crippen LogP contribution in [0.2, 0.25) is 0 Å². The van der Waals surface area contributed by atoms with Crippen LogP contribution in [0.15, 0.2) is 41.1 Å². The monoisotopic (exact) mass is 331 g/mol. The van der Waals surface area contributed by atoms with Gasteiger partial charge in [0, 0.05) is 18.0 Å². The summed E-state index contributed by atoms with van der Waals surface area (Å²) in [7, 11) is 0. The van der Waals surface area contributed by atoms with Gasteiger partial charge in [-0.2, -0.15) is 0 Å². The normalized spacial score (nSPS) is 11.7. The Morgan fingerprint density at radius 2 is 2.00 bits per heavy atom. The highest BCUT2D eigenvalue weighted by Gasteiger charge is 2.30. The van der Waals surface area contributed by atoms with Gasteiger partial charge in [-0.05, 0) is 19.9 Å². The molecular weight excluding hydrogens is 318 g/mol. The Morgan fingerprint density at radius 3 is 2.77 bits per heavy atom. The molecule has 7 heteroatoms. The zero-order valence-electron chi connectivity index (χ0n) is 12.0. The average Bonchev–Trinajstić information content (AvgIpc) is 2.95. The Bertz CT molecular complexity index is 845. The molecule has 0 bridgehead atoms. The number of thiazole rings is 1. The van der Waals surface area contributed by atoms with Crippen molar-refractivity contribution in [2.24, 2.45) is 0 Å². The van der Waals surface area contributed by atoms with Crippen LogP contribution in [0, 0.1) is 0 Å². The van der Waals surface area contributed by atoms with Crippen LogP contribution in [-0.2, 0) is 4.79 Å². The third kappa shape index (κ3) is 2.69. The van der Waals surface area contributed by atoms with E-state index in [4.69, 9.17) is 0 Å². The number of carboxylic acid groups (broad SMARTS) is 1. The molecule has 0 unspecified atom stereocenters. The molecule has 0 saturated heterocycles. The van der Waals surface area contributed by atoms with Crippen molar-refractivity contribution in [3.63, 3.8) is 0 Å². The van der Waals surface area contributed by atoms with Crippen molar-refractivity contribution < 1.29 is 9.90 Å². The van der Waals surface area contributed by atoms with Gasteiger partial charge < -0.3 is 5.11 Å². The predicted molar refractivity (Wildman–Crippen MR) is 88.2 cm³/mol. The van der Waals surface area contributed by atoms with Crippen LogP contribution in [0.4, 0.5) is 0 Å². The lowest BCUT2D eigenvalue weighted by Gasteiger charge is -2.19. The fraction of sp³-hybridized carbons (Fsp3) is 0.200. The smallest absolute Gasteiger partial charge is 0.319 e. The van der Waals surface area contributed by atoms with Crippen LogP contribution in [0.25, 0.3) is 21.5 Å². The van der Waals surface area contributed by atoms with Crippen LogP contribution < -0.4 is 0 Å². The van der Waals surface area contributed by atoms with E-state index >= 15 is 0 Å². The third-order valence-electron chi connectivity index (χ3n) is 3.15. The Hall–Kier alpha value is -1.99. The lowest BCUT2D eigenvalue weighted by atomic mass is 10.1. The van der Waals surface area contributed by atoms with Gasteiger partial charge in [-0.3, -0.25) is 9.78 Å². The van der Waals surface area contributed by atoms with Crippen LogP contribution in [-0.4, -0.2) is 30.8 Å². The molecule has 0 atom stereocenters. The van der Waals surface area contributed by atoms with Gasteiger partial charge in [-0.1, -0.05) is 23.9 Å². The van der Waals surface area contributed by atoms with E-state index in [1.807, 2.05) is 18.2 Å². The number of hydrogen-bond acceptors (Lipinski definition) is 6. The SMILES string of the molecule is CC(C)(Sc1nccnc1-c1cccc2scnc12)C(=O)O. The number of nitrogens with zero attached hydrogens (tertiary/aromatic N) is 3. The van der Waals surface area contributed by atoms with E-state index in [1.54, 1.807) is 43.1 Å². The van der Waals surface area contributed by atoms with Gasteiger partial charge in [0.1, 0.15) is 15.5 Å². The molecule has 0 saturated carbocycles. The fourth-order valence-corrected chi connectivity index (χ4v) is 3.59. The van der Waals surface area contributed by atoms with Crippen molar-refractivity contribution in [2.45, 2.75) is 23.6 Å². The number of hydrogen-bond donors (Lipinski definition) is 1. The molecule has 0 fully saturated rings. The minimum absolute atomic E-state index is 0.593. The maximum atomic E-state index is 11.4. The standard InChI is InChI=1S/C15H13N3O2S2/c1-15(2,14(19)20)22-13-12(16-6-7-17-13)9-4-3-5-10-11(9)18-8-21-10/h3-8H,1-2H3,(H,19,20). The molecule has 1 aromatic carbocycles. The summed E-state index contributed by atoms with van der Waals surface area (Å²) in [6.45, 7) is 3.31. The topological polar surface area (TPSA) is 76.0 Å². The maximum Gasteiger partial charge on any atom is 0.319 e. The summed E-state index contributed by atoms with van der Waals surface area (Å²) >= 11 is 2.75. The molecule has 3 rings (SSSR count). The van der Waals surface area contributed by atoms with Crippen LogP contribution >= 0.6 is 23.1 Å². The second-order valence-corrected chi connectivity index (χ2v) is 7.63. The number of para-hydroxylation sites is 1. The fourth-order valence-electron chi connectivity index (χ4n) is 1.95. The van der Waals surface area contributed by atoms with E-state index in [-0.39, 0.29) is 0 Å². The summed E-state index contributed by atoms with van der Waals surface area (Å²) in [5.74, 6) is -0.888. The highest BCUT2D eigenvalue weighted by Crippen LogP contribution is 2.38. The van der Waals surface area contributed by atoms with E-state index < -0.39 is 10.7 Å². The minimum Gasteiger partial charge on any atom is -0.480 e. The van der Waals surface area contributed by atoms with Gasteiger partial charge in [-0.25, -0.2) is 9.97 Å². The largest absolute Gasteiger partial charge is 0.480 e. The lowest BCUT2D eigenvalue weighted by molar-refractivity contribution is -0.138. The number of carboxylic acids is 1. The summed E-state index contributed by atoms with van der Waals surface area (Å²) in [4.78, 5) is 24.5. The quantitative estimate of drug-likeness (QED) is 0.735. The maximum absolute atomic E-state index is 11.4. The number of carbonyl (C=O) groups is 1. The summed E-state index contributed by atoms with van der Waals surface area (Å²) in [6, 6.07) is 5.88. The minimum atomic E-state index is -0.985. The van der Waals surface area contributed by atoms with Gasteiger partial charge in [-0.15, -0.1) is 11.3 Å². The van der Waals surface area contributed by atoms with Gasteiger partial charge in [0.15, 0.2) is 0 Å². The summed E-state index contributed by atoms with van der Waals surface area (Å²) < 4.78 is 0.0809. The van der Waals surface area contributed by atoms with Crippen molar-refractivity contribution in [2.75, 3.05) is 0 Å². The molecule has 2 aromatic heterocycles. The second kappa shape index (κ2) is 5.66. The number of benzene rings is 1. The van der Waals surface area contributed by atoms with Gasteiger partial charge in [0.25, 0.3) is 0 Å². The van der Waals surface area contributed by atoms with Gasteiger partial charge in [0.2, 0.25) is 0 Å². The Labute approximate surface area is 135 Å². The zero-order valence-corrected chi connectivity index (χ0v) is 13.6. The van der Waals surface area contributed by atoms with E-state index in [1.165, 1.54) is 11.8 Å². The van der Waals surface area contributed by atoms with Gasteiger partial charge >= 0.3 is 5.97 Å². The van der Waals surface area contributed by atoms with Crippen molar-refractivity contribution in [1.82, 2.24) is 15.0 Å². The Morgan fingerprint density at radius 1 is 1.23 bits per heavy atom. The van der Waals surface area contributed by atoms with Crippen LogP contribution in [0.3, 0.4) is 0 Å². The summed E-state index contributed by atoms with van der Waals surface area (Å²) in [5, 5.41) is 9.92. The van der Waals surface area contributed by atoms with Crippen LogP contribution in [0.5, 0.6) is 0 Å². The molecule has 0 aliphatic carbocycles. The van der Waals surface area contributed by atoms with Crippen molar-refractivity contribution in [3.05, 3.63) is 36.1 Å². The highest BCUT2D eigenvalue weighted by atomic mass is 32.2. The molecule has 22 heavy (non-hydrogen) atoms. The number of aliphatic carboxylic acids is 1. The molecule has 0 amide bonds. The van der Waals surface area contributed by atoms with E-state index in [9.17, 15) is 9.90 Å². The van der Waals surface area contributed by atoms with E-state index in [2.05, 4.69) is 15.0 Å². The highest BCUT2D eigenvalue weighted by molar-refractivity contribution is 8.01. The number of thioether (sulfide) groups is 1. The molecule has 5 nitrogen and oxygen atoms in total. The molecule has 0 aliphatic heterocycles. The third-order valence-corrected chi connectivity index (χ3v) is 5.12. The first-order chi connectivity index (χ1) is 10.5. The van der Waals surface area contributed by atoms with Crippen molar-refractivity contribution in [3.8, 4) is 11.3 Å². The first-order valence-electron chi connectivity index (χ1n) is 6.55. The van der Waals surface area contributed by atoms with E-state index in [0.717, 1.165) is 15.8 Å². The molecule has 1 N–H and O–H groups in total. The molecule has 112 valence electrons. The number of aromatic nitrogens is 3. The van der Waals surface area contributed by atoms with E-state index in [0.29, 0.717) is 10.7 Å². The Kier molecular flexibility index (Phi) is 3.84. The van der Waals surface area contributed by atoms with Gasteiger partial charge in [0.05, 0.1) is 15.7 Å². The number of rotatable bonds is 4. The molecule has 0 aliphatic rings. The summed E-state index contributed by atoms with van der Waals surface area (Å²) in [5.41, 5.74) is 4.19. The molecule has 2 heterocycles. The molecule has 0 spiro atoms. The average molecular weight is 331 g/mol. The summed E-state index contributed by atoms with van der Waals surface area (Å²) in [6.07, 6.45) is 3.18. The molecule has 0 radical (unpaired) electrons. The zero-order chi connectivity index (χ0) is 15.7. The van der Waals surface area contributed by atoms with Crippen molar-refractivity contribution in [1.29, 1.82) is 0 Å².